The van der Waals surface area contributed by atoms with E-state index >= 15 is 0 Å². The summed E-state index contributed by atoms with van der Waals surface area (Å²) < 4.78 is 2.07. The van der Waals surface area contributed by atoms with Crippen molar-refractivity contribution in [2.75, 3.05) is 19.7 Å². The molecule has 0 aliphatic carbocycles. The maximum absolute atomic E-state index is 12.4. The van der Waals surface area contributed by atoms with Gasteiger partial charge in [-0.15, -0.1) is 0 Å². The molecule has 5 nitrogen and oxygen atoms in total. The van der Waals surface area contributed by atoms with E-state index < -0.39 is 0 Å². The molecular formula is C15H25N3O2. The highest BCUT2D eigenvalue weighted by Gasteiger charge is 2.22. The Morgan fingerprint density at radius 3 is 2.80 bits per heavy atom. The van der Waals surface area contributed by atoms with Gasteiger partial charge >= 0.3 is 0 Å². The molecule has 0 aromatic carbocycles. The first-order chi connectivity index (χ1) is 9.63. The number of carbonyl (C=O) groups excluding carboxylic acids is 1. The summed E-state index contributed by atoms with van der Waals surface area (Å²) in [5, 5.41) is 15.6. The molecule has 0 spiro atoms. The van der Waals surface area contributed by atoms with Crippen LogP contribution >= 0.6 is 0 Å². The van der Waals surface area contributed by atoms with Gasteiger partial charge in [0, 0.05) is 12.2 Å². The van der Waals surface area contributed by atoms with E-state index in [4.69, 9.17) is 0 Å². The molecule has 5 heteroatoms. The molecule has 1 aliphatic heterocycles. The van der Waals surface area contributed by atoms with Crippen molar-refractivity contribution in [2.24, 2.45) is 5.92 Å². The van der Waals surface area contributed by atoms with Crippen molar-refractivity contribution < 1.29 is 9.90 Å². The van der Waals surface area contributed by atoms with Crippen LogP contribution in [0.25, 0.3) is 0 Å². The lowest BCUT2D eigenvalue weighted by molar-refractivity contribution is 0.0884. The number of aromatic nitrogens is 1. The van der Waals surface area contributed by atoms with Gasteiger partial charge < -0.3 is 20.3 Å². The highest BCUT2D eigenvalue weighted by molar-refractivity contribution is 5.93. The van der Waals surface area contributed by atoms with Crippen LogP contribution in [0.1, 0.15) is 43.2 Å². The Balaban J connectivity index is 2.08. The van der Waals surface area contributed by atoms with Gasteiger partial charge in [-0.1, -0.05) is 13.8 Å². The first kappa shape index (κ1) is 15.1. The number of aliphatic hydroxyl groups is 1. The van der Waals surface area contributed by atoms with Crippen LogP contribution in [0.2, 0.25) is 0 Å². The summed E-state index contributed by atoms with van der Waals surface area (Å²) in [6.07, 6.45) is 4.07. The molecule has 0 bridgehead atoms. The number of aliphatic hydroxyl groups excluding tert-OH is 1. The summed E-state index contributed by atoms with van der Waals surface area (Å²) >= 11 is 0. The fourth-order valence-corrected chi connectivity index (χ4v) is 2.65. The van der Waals surface area contributed by atoms with E-state index in [0.717, 1.165) is 25.9 Å². The monoisotopic (exact) mass is 279 g/mol. The largest absolute Gasteiger partial charge is 0.394 e. The number of hydrogen-bond donors (Lipinski definition) is 3. The molecule has 1 saturated heterocycles. The summed E-state index contributed by atoms with van der Waals surface area (Å²) in [5.41, 5.74) is 0.691. The maximum atomic E-state index is 12.4. The second-order valence-electron chi connectivity index (χ2n) is 5.79. The number of hydrogen-bond acceptors (Lipinski definition) is 3. The van der Waals surface area contributed by atoms with Gasteiger partial charge in [0.15, 0.2) is 0 Å². The Labute approximate surface area is 120 Å². The third-order valence-electron chi connectivity index (χ3n) is 4.03. The van der Waals surface area contributed by atoms with Crippen LogP contribution in [0.4, 0.5) is 0 Å². The van der Waals surface area contributed by atoms with Crippen LogP contribution in [0.15, 0.2) is 18.3 Å². The molecule has 0 saturated carbocycles. The van der Waals surface area contributed by atoms with Gasteiger partial charge in [-0.3, -0.25) is 4.79 Å². The van der Waals surface area contributed by atoms with Crippen molar-refractivity contribution >= 4 is 5.91 Å². The van der Waals surface area contributed by atoms with E-state index in [1.54, 1.807) is 0 Å². The lowest BCUT2D eigenvalue weighted by Crippen LogP contribution is -2.42. The smallest absolute Gasteiger partial charge is 0.268 e. The highest BCUT2D eigenvalue weighted by atomic mass is 16.3. The fraction of sp³-hybridized carbons (Fsp3) is 0.667. The third-order valence-corrected chi connectivity index (χ3v) is 4.03. The number of carbonyl (C=O) groups is 1. The normalized spacial score (nSPS) is 18.2. The molecule has 1 aromatic heterocycles. The number of amides is 1. The fourth-order valence-electron chi connectivity index (χ4n) is 2.65. The molecule has 2 heterocycles. The third kappa shape index (κ3) is 3.41. The number of rotatable bonds is 5. The van der Waals surface area contributed by atoms with Gasteiger partial charge in [0.05, 0.1) is 12.6 Å². The quantitative estimate of drug-likeness (QED) is 0.758. The Kier molecular flexibility index (Phi) is 5.20. The molecule has 1 aliphatic rings. The van der Waals surface area contributed by atoms with Crippen LogP contribution in [-0.4, -0.2) is 41.3 Å². The topological polar surface area (TPSA) is 66.3 Å². The van der Waals surface area contributed by atoms with Crippen molar-refractivity contribution in [1.82, 2.24) is 15.2 Å². The zero-order valence-corrected chi connectivity index (χ0v) is 12.3. The van der Waals surface area contributed by atoms with Crippen molar-refractivity contribution in [1.29, 1.82) is 0 Å². The minimum atomic E-state index is -0.195. The molecule has 2 rings (SSSR count). The number of nitrogens with one attached hydrogen (secondary N) is 2. The standard InChI is InChI=1S/C15H25N3O2/c1-11(2)13(10-19)17-15(20)14-4-3-9-18(14)12-5-7-16-8-6-12/h3-4,9,11-13,16,19H,5-8,10H2,1-2H3,(H,17,20). The van der Waals surface area contributed by atoms with Gasteiger partial charge in [0.2, 0.25) is 0 Å². The Bertz CT molecular complexity index is 436. The van der Waals surface area contributed by atoms with Crippen molar-refractivity contribution in [3.63, 3.8) is 0 Å². The molecule has 1 fully saturated rings. The van der Waals surface area contributed by atoms with Crippen molar-refractivity contribution in [2.45, 2.75) is 38.8 Å². The molecule has 1 atom stereocenters. The van der Waals surface area contributed by atoms with E-state index in [2.05, 4.69) is 15.2 Å². The van der Waals surface area contributed by atoms with Crippen LogP contribution in [0, 0.1) is 5.92 Å². The van der Waals surface area contributed by atoms with Crippen LogP contribution in [0.3, 0.4) is 0 Å². The molecule has 1 aromatic rings. The van der Waals surface area contributed by atoms with Crippen LogP contribution < -0.4 is 10.6 Å². The second kappa shape index (κ2) is 6.90. The molecule has 1 amide bonds. The Morgan fingerprint density at radius 1 is 1.50 bits per heavy atom. The summed E-state index contributed by atoms with van der Waals surface area (Å²) in [6.45, 7) is 5.95. The lowest BCUT2D eigenvalue weighted by atomic mass is 10.0. The number of nitrogens with zero attached hydrogens (tertiary/aromatic N) is 1. The SMILES string of the molecule is CC(C)C(CO)NC(=O)c1cccn1C1CCNCC1. The predicted molar refractivity (Wildman–Crippen MR) is 78.8 cm³/mol. The zero-order chi connectivity index (χ0) is 14.5. The average molecular weight is 279 g/mol. The van der Waals surface area contributed by atoms with Gasteiger partial charge in [-0.05, 0) is 44.0 Å². The molecule has 20 heavy (non-hydrogen) atoms. The highest BCUT2D eigenvalue weighted by Crippen LogP contribution is 2.21. The summed E-state index contributed by atoms with van der Waals surface area (Å²) in [4.78, 5) is 12.4. The van der Waals surface area contributed by atoms with Gasteiger partial charge in [0.25, 0.3) is 5.91 Å². The van der Waals surface area contributed by atoms with Crippen LogP contribution in [-0.2, 0) is 0 Å². The van der Waals surface area contributed by atoms with Crippen LogP contribution in [0.5, 0.6) is 0 Å². The first-order valence-corrected chi connectivity index (χ1v) is 7.42. The van der Waals surface area contributed by atoms with E-state index in [1.165, 1.54) is 0 Å². The average Bonchev–Trinajstić information content (AvgIpc) is 2.94. The van der Waals surface area contributed by atoms with Gasteiger partial charge in [-0.25, -0.2) is 0 Å². The molecular weight excluding hydrogens is 254 g/mol. The Morgan fingerprint density at radius 2 is 2.20 bits per heavy atom. The van der Waals surface area contributed by atoms with E-state index in [9.17, 15) is 9.90 Å². The first-order valence-electron chi connectivity index (χ1n) is 7.42. The van der Waals surface area contributed by atoms with E-state index in [-0.39, 0.29) is 24.5 Å². The molecule has 0 radical (unpaired) electrons. The zero-order valence-electron chi connectivity index (χ0n) is 12.3. The van der Waals surface area contributed by atoms with E-state index in [0.29, 0.717) is 11.7 Å². The van der Waals surface area contributed by atoms with Gasteiger partial charge in [-0.2, -0.15) is 0 Å². The number of piperidine rings is 1. The Hall–Kier alpha value is -1.33. The van der Waals surface area contributed by atoms with Gasteiger partial charge in [0.1, 0.15) is 5.69 Å². The lowest BCUT2D eigenvalue weighted by Gasteiger charge is -2.27. The second-order valence-corrected chi connectivity index (χ2v) is 5.79. The summed E-state index contributed by atoms with van der Waals surface area (Å²) in [7, 11) is 0. The summed E-state index contributed by atoms with van der Waals surface area (Å²) in [5.74, 6) is 0.118. The van der Waals surface area contributed by atoms with Crippen molar-refractivity contribution in [3.05, 3.63) is 24.0 Å². The molecule has 3 N–H and O–H groups in total. The minimum absolute atomic E-state index is 0.0303. The predicted octanol–water partition coefficient (Wildman–Crippen LogP) is 1.16. The van der Waals surface area contributed by atoms with Crippen molar-refractivity contribution in [3.8, 4) is 0 Å². The molecule has 1 unspecified atom stereocenters. The minimum Gasteiger partial charge on any atom is -0.394 e. The van der Waals surface area contributed by atoms with E-state index in [1.807, 2.05) is 32.2 Å². The maximum Gasteiger partial charge on any atom is 0.268 e. The molecule has 112 valence electrons. The summed E-state index contributed by atoms with van der Waals surface area (Å²) in [6, 6.07) is 3.96.